The van der Waals surface area contributed by atoms with Crippen molar-refractivity contribution in [2.45, 2.75) is 26.4 Å². The number of nitro benzene ring substituents is 1. The van der Waals surface area contributed by atoms with E-state index in [1.165, 1.54) is 12.1 Å². The molecule has 0 saturated carbocycles. The molecule has 2 N–H and O–H groups in total. The van der Waals surface area contributed by atoms with E-state index < -0.39 is 16.5 Å². The highest BCUT2D eigenvalue weighted by Gasteiger charge is 2.21. The Bertz CT molecular complexity index is 513. The number of benzene rings is 1. The maximum atomic E-state index is 11.0. The molecule has 7 heteroatoms. The number of nitrogens with one attached hydrogen (secondary N) is 1. The van der Waals surface area contributed by atoms with Gasteiger partial charge in [0.15, 0.2) is 0 Å². The molecule has 0 amide bonds. The van der Waals surface area contributed by atoms with Crippen LogP contribution in [0, 0.1) is 10.1 Å². The molecule has 1 aromatic carbocycles. The lowest BCUT2D eigenvalue weighted by atomic mass is 10.1. The summed E-state index contributed by atoms with van der Waals surface area (Å²) in [5.41, 5.74) is -0.593. The van der Waals surface area contributed by atoms with Crippen LogP contribution in [0.4, 0.5) is 11.4 Å². The molecule has 0 spiro atoms. The van der Waals surface area contributed by atoms with Gasteiger partial charge in [0.05, 0.1) is 16.1 Å². The fourth-order valence-corrected chi connectivity index (χ4v) is 1.72. The van der Waals surface area contributed by atoms with Crippen molar-refractivity contribution >= 4 is 17.3 Å². The highest BCUT2D eigenvalue weighted by Crippen LogP contribution is 2.26. The lowest BCUT2D eigenvalue weighted by Crippen LogP contribution is -2.33. The zero-order valence-electron chi connectivity index (χ0n) is 11.7. The summed E-state index contributed by atoms with van der Waals surface area (Å²) in [6.07, 6.45) is 0. The van der Waals surface area contributed by atoms with Gasteiger partial charge < -0.3 is 15.2 Å². The lowest BCUT2D eigenvalue weighted by Gasteiger charge is -2.25. The number of hydrogen-bond donors (Lipinski definition) is 2. The van der Waals surface area contributed by atoms with Crippen molar-refractivity contribution in [3.8, 4) is 0 Å². The van der Waals surface area contributed by atoms with Crippen molar-refractivity contribution in [2.75, 3.05) is 18.5 Å². The molecule has 110 valence electrons. The number of hydrogen-bond acceptors (Lipinski definition) is 5. The van der Waals surface area contributed by atoms with E-state index in [4.69, 9.17) is 9.84 Å². The van der Waals surface area contributed by atoms with Crippen molar-refractivity contribution in [1.29, 1.82) is 0 Å². The summed E-state index contributed by atoms with van der Waals surface area (Å²) >= 11 is 0. The molecule has 0 heterocycles. The SMILES string of the molecule is CCOC(C)(C)CNc1ccc(C(=O)O)cc1[N+](=O)[O-]. The molecule has 0 radical (unpaired) electrons. The molecule has 0 aliphatic carbocycles. The lowest BCUT2D eigenvalue weighted by molar-refractivity contribution is -0.384. The van der Waals surface area contributed by atoms with Crippen molar-refractivity contribution < 1.29 is 19.6 Å². The Morgan fingerprint density at radius 1 is 1.50 bits per heavy atom. The quantitative estimate of drug-likeness (QED) is 0.588. The van der Waals surface area contributed by atoms with Crippen LogP contribution in [0.15, 0.2) is 18.2 Å². The van der Waals surface area contributed by atoms with E-state index in [1.54, 1.807) is 0 Å². The fraction of sp³-hybridized carbons (Fsp3) is 0.462. The third-order valence-electron chi connectivity index (χ3n) is 2.68. The highest BCUT2D eigenvalue weighted by atomic mass is 16.6. The molecular formula is C13H18N2O5. The van der Waals surface area contributed by atoms with Gasteiger partial charge in [0.1, 0.15) is 5.69 Å². The predicted octanol–water partition coefficient (Wildman–Crippen LogP) is 2.52. The standard InChI is InChI=1S/C13H18N2O5/c1-4-20-13(2,3)8-14-10-6-5-9(12(16)17)7-11(10)15(18)19/h5-7,14H,4,8H2,1-3H3,(H,16,17). The van der Waals surface area contributed by atoms with E-state index in [0.29, 0.717) is 13.2 Å². The molecule has 0 saturated heterocycles. The Hall–Kier alpha value is -2.15. The molecule has 0 fully saturated rings. The third kappa shape index (κ3) is 4.20. The minimum Gasteiger partial charge on any atom is -0.478 e. The predicted molar refractivity (Wildman–Crippen MR) is 74.3 cm³/mol. The maximum absolute atomic E-state index is 11.0. The molecule has 0 bridgehead atoms. The Morgan fingerprint density at radius 2 is 2.15 bits per heavy atom. The molecule has 0 aliphatic heterocycles. The second kappa shape index (κ2) is 6.33. The summed E-state index contributed by atoms with van der Waals surface area (Å²) in [5, 5.41) is 22.8. The number of anilines is 1. The van der Waals surface area contributed by atoms with Crippen molar-refractivity contribution in [1.82, 2.24) is 0 Å². The van der Waals surface area contributed by atoms with Gasteiger partial charge in [-0.05, 0) is 32.9 Å². The second-order valence-electron chi connectivity index (χ2n) is 4.84. The van der Waals surface area contributed by atoms with Crippen LogP contribution in [-0.2, 0) is 4.74 Å². The number of rotatable bonds is 7. The van der Waals surface area contributed by atoms with Gasteiger partial charge in [-0.15, -0.1) is 0 Å². The summed E-state index contributed by atoms with van der Waals surface area (Å²) < 4.78 is 5.49. The molecule has 1 rings (SSSR count). The van der Waals surface area contributed by atoms with Gasteiger partial charge in [0.2, 0.25) is 0 Å². The number of nitro groups is 1. The van der Waals surface area contributed by atoms with Crippen LogP contribution in [0.2, 0.25) is 0 Å². The Balaban J connectivity index is 2.95. The molecular weight excluding hydrogens is 264 g/mol. The molecule has 0 aliphatic rings. The van der Waals surface area contributed by atoms with Crippen LogP contribution in [0.1, 0.15) is 31.1 Å². The summed E-state index contributed by atoms with van der Waals surface area (Å²) in [4.78, 5) is 21.2. The van der Waals surface area contributed by atoms with Gasteiger partial charge in [0, 0.05) is 19.2 Å². The van der Waals surface area contributed by atoms with Crippen LogP contribution in [0.5, 0.6) is 0 Å². The van der Waals surface area contributed by atoms with E-state index in [-0.39, 0.29) is 16.9 Å². The average molecular weight is 282 g/mol. The fourth-order valence-electron chi connectivity index (χ4n) is 1.72. The van der Waals surface area contributed by atoms with Crippen LogP contribution in [-0.4, -0.2) is 34.8 Å². The monoisotopic (exact) mass is 282 g/mol. The number of ether oxygens (including phenoxy) is 1. The number of aromatic carboxylic acids is 1. The second-order valence-corrected chi connectivity index (χ2v) is 4.84. The summed E-state index contributed by atoms with van der Waals surface area (Å²) in [7, 11) is 0. The zero-order chi connectivity index (χ0) is 15.3. The van der Waals surface area contributed by atoms with Gasteiger partial charge in [-0.2, -0.15) is 0 Å². The van der Waals surface area contributed by atoms with Crippen LogP contribution in [0.25, 0.3) is 0 Å². The first-order chi connectivity index (χ1) is 9.26. The molecule has 1 aromatic rings. The van der Waals surface area contributed by atoms with E-state index in [0.717, 1.165) is 6.07 Å². The summed E-state index contributed by atoms with van der Waals surface area (Å²) in [6.45, 7) is 6.50. The van der Waals surface area contributed by atoms with E-state index in [1.807, 2.05) is 20.8 Å². The van der Waals surface area contributed by atoms with Crippen LogP contribution >= 0.6 is 0 Å². The minimum atomic E-state index is -1.20. The normalized spacial score (nSPS) is 11.2. The molecule has 0 unspecified atom stereocenters. The zero-order valence-corrected chi connectivity index (χ0v) is 11.7. The minimum absolute atomic E-state index is 0.119. The number of carboxylic acid groups (broad SMARTS) is 1. The topological polar surface area (TPSA) is 102 Å². The van der Waals surface area contributed by atoms with Gasteiger partial charge in [-0.3, -0.25) is 10.1 Å². The number of carbonyl (C=O) groups is 1. The molecule has 0 atom stereocenters. The van der Waals surface area contributed by atoms with Crippen molar-refractivity contribution in [3.05, 3.63) is 33.9 Å². The highest BCUT2D eigenvalue weighted by molar-refractivity contribution is 5.89. The number of carboxylic acids is 1. The van der Waals surface area contributed by atoms with E-state index in [9.17, 15) is 14.9 Å². The van der Waals surface area contributed by atoms with Gasteiger partial charge in [-0.1, -0.05) is 0 Å². The molecule has 20 heavy (non-hydrogen) atoms. The maximum Gasteiger partial charge on any atom is 0.335 e. The Labute approximate surface area is 116 Å². The van der Waals surface area contributed by atoms with Gasteiger partial charge in [-0.25, -0.2) is 4.79 Å². The molecule has 7 nitrogen and oxygen atoms in total. The van der Waals surface area contributed by atoms with Crippen LogP contribution in [0.3, 0.4) is 0 Å². The summed E-state index contributed by atoms with van der Waals surface area (Å²) in [6, 6.07) is 3.76. The molecule has 0 aromatic heterocycles. The largest absolute Gasteiger partial charge is 0.478 e. The van der Waals surface area contributed by atoms with E-state index in [2.05, 4.69) is 5.32 Å². The summed E-state index contributed by atoms with van der Waals surface area (Å²) in [5.74, 6) is -1.20. The number of nitrogens with zero attached hydrogens (tertiary/aromatic N) is 1. The van der Waals surface area contributed by atoms with Gasteiger partial charge in [0.25, 0.3) is 5.69 Å². The average Bonchev–Trinajstić information content (AvgIpc) is 2.36. The van der Waals surface area contributed by atoms with Gasteiger partial charge >= 0.3 is 5.97 Å². The Kier molecular flexibility index (Phi) is 5.04. The Morgan fingerprint density at radius 3 is 2.65 bits per heavy atom. The first-order valence-electron chi connectivity index (χ1n) is 6.16. The van der Waals surface area contributed by atoms with Crippen molar-refractivity contribution in [3.63, 3.8) is 0 Å². The first kappa shape index (κ1) is 15.9. The van der Waals surface area contributed by atoms with Crippen molar-refractivity contribution in [2.24, 2.45) is 0 Å². The van der Waals surface area contributed by atoms with E-state index >= 15 is 0 Å². The van der Waals surface area contributed by atoms with Crippen LogP contribution < -0.4 is 5.32 Å². The smallest absolute Gasteiger partial charge is 0.335 e. The third-order valence-corrected chi connectivity index (χ3v) is 2.68. The first-order valence-corrected chi connectivity index (χ1v) is 6.16.